The Kier molecular flexibility index (Phi) is 9.97. The molecule has 1 atom stereocenters. The zero-order valence-corrected chi connectivity index (χ0v) is 21.3. The summed E-state index contributed by atoms with van der Waals surface area (Å²) in [6.45, 7) is 9.62. The van der Waals surface area contributed by atoms with E-state index in [2.05, 4.69) is 41.2 Å². The SMILES string of the molecule is CCN(CC)CCCC(C)NC(=O)CSc1nnc(-c2cccc(OC)c2)n1-c1ccccc1. The van der Waals surface area contributed by atoms with Gasteiger partial charge in [0.2, 0.25) is 5.91 Å². The number of aromatic nitrogens is 3. The minimum atomic E-state index is 0.00545. The third-order valence-electron chi connectivity index (χ3n) is 5.72. The molecule has 2 aromatic carbocycles. The van der Waals surface area contributed by atoms with E-state index < -0.39 is 0 Å². The minimum Gasteiger partial charge on any atom is -0.497 e. The summed E-state index contributed by atoms with van der Waals surface area (Å²) >= 11 is 1.39. The molecule has 0 saturated heterocycles. The van der Waals surface area contributed by atoms with Crippen LogP contribution < -0.4 is 10.1 Å². The highest BCUT2D eigenvalue weighted by atomic mass is 32.2. The van der Waals surface area contributed by atoms with Crippen LogP contribution in [0, 0.1) is 0 Å². The number of methoxy groups -OCH3 is 1. The Balaban J connectivity index is 1.67. The van der Waals surface area contributed by atoms with Gasteiger partial charge in [0, 0.05) is 17.3 Å². The van der Waals surface area contributed by atoms with Gasteiger partial charge in [0.25, 0.3) is 0 Å². The largest absolute Gasteiger partial charge is 0.497 e. The molecule has 0 spiro atoms. The summed E-state index contributed by atoms with van der Waals surface area (Å²) in [5.74, 6) is 1.75. The number of carbonyl (C=O) groups is 1. The first-order valence-corrected chi connectivity index (χ1v) is 12.8. The van der Waals surface area contributed by atoms with Crippen LogP contribution in [-0.2, 0) is 4.79 Å². The number of benzene rings is 2. The van der Waals surface area contributed by atoms with Crippen molar-refractivity contribution in [3.05, 3.63) is 54.6 Å². The van der Waals surface area contributed by atoms with Gasteiger partial charge in [-0.1, -0.05) is 55.9 Å². The van der Waals surface area contributed by atoms with Gasteiger partial charge in [-0.05, 0) is 63.7 Å². The lowest BCUT2D eigenvalue weighted by molar-refractivity contribution is -0.119. The quantitative estimate of drug-likeness (QED) is 0.358. The van der Waals surface area contributed by atoms with Crippen LogP contribution >= 0.6 is 11.8 Å². The van der Waals surface area contributed by atoms with Crippen molar-refractivity contribution in [2.75, 3.05) is 32.5 Å². The maximum Gasteiger partial charge on any atom is 0.230 e. The van der Waals surface area contributed by atoms with Gasteiger partial charge in [-0.25, -0.2) is 0 Å². The Bertz CT molecular complexity index is 1040. The van der Waals surface area contributed by atoms with Gasteiger partial charge >= 0.3 is 0 Å². The normalized spacial score (nSPS) is 12.0. The average molecular weight is 482 g/mol. The number of carbonyl (C=O) groups excluding carboxylic acids is 1. The molecule has 8 heteroatoms. The molecule has 0 radical (unpaired) electrons. The molecule has 0 saturated carbocycles. The molecule has 0 aliphatic heterocycles. The first kappa shape index (κ1) is 25.8. The number of amides is 1. The van der Waals surface area contributed by atoms with Gasteiger partial charge < -0.3 is 15.0 Å². The highest BCUT2D eigenvalue weighted by Crippen LogP contribution is 2.29. The van der Waals surface area contributed by atoms with Crippen LogP contribution in [-0.4, -0.2) is 64.1 Å². The van der Waals surface area contributed by atoms with E-state index in [-0.39, 0.29) is 17.7 Å². The van der Waals surface area contributed by atoms with E-state index in [0.717, 1.165) is 49.5 Å². The maximum absolute atomic E-state index is 12.6. The molecule has 7 nitrogen and oxygen atoms in total. The number of nitrogens with zero attached hydrogens (tertiary/aromatic N) is 4. The Morgan fingerprint density at radius 2 is 1.88 bits per heavy atom. The van der Waals surface area contributed by atoms with E-state index in [0.29, 0.717) is 11.0 Å². The molecule has 1 unspecified atom stereocenters. The summed E-state index contributed by atoms with van der Waals surface area (Å²) in [6.07, 6.45) is 2.04. The molecule has 0 bridgehead atoms. The van der Waals surface area contributed by atoms with E-state index in [1.165, 1.54) is 11.8 Å². The Labute approximate surface area is 206 Å². The first-order chi connectivity index (χ1) is 16.5. The van der Waals surface area contributed by atoms with Crippen LogP contribution in [0.2, 0.25) is 0 Å². The van der Waals surface area contributed by atoms with E-state index >= 15 is 0 Å². The van der Waals surface area contributed by atoms with Crippen molar-refractivity contribution >= 4 is 17.7 Å². The molecule has 182 valence electrons. The third kappa shape index (κ3) is 7.08. The third-order valence-corrected chi connectivity index (χ3v) is 6.65. The van der Waals surface area contributed by atoms with Crippen LogP contribution in [0.3, 0.4) is 0 Å². The molecule has 0 fully saturated rings. The van der Waals surface area contributed by atoms with E-state index in [4.69, 9.17) is 4.74 Å². The number of rotatable bonds is 13. The number of hydrogen-bond acceptors (Lipinski definition) is 6. The number of para-hydroxylation sites is 1. The molecule has 3 aromatic rings. The van der Waals surface area contributed by atoms with Crippen molar-refractivity contribution < 1.29 is 9.53 Å². The fourth-order valence-corrected chi connectivity index (χ4v) is 4.57. The predicted octanol–water partition coefficient (Wildman–Crippen LogP) is 4.66. The molecule has 0 aliphatic carbocycles. The highest BCUT2D eigenvalue weighted by molar-refractivity contribution is 7.99. The van der Waals surface area contributed by atoms with Crippen molar-refractivity contribution in [2.24, 2.45) is 0 Å². The predicted molar refractivity (Wildman–Crippen MR) is 139 cm³/mol. The summed E-state index contributed by atoms with van der Waals surface area (Å²) in [5.41, 5.74) is 1.84. The van der Waals surface area contributed by atoms with E-state index in [1.54, 1.807) is 7.11 Å². The van der Waals surface area contributed by atoms with Gasteiger partial charge in [0.15, 0.2) is 11.0 Å². The Hall–Kier alpha value is -2.84. The molecular weight excluding hydrogens is 446 g/mol. The molecule has 3 rings (SSSR count). The van der Waals surface area contributed by atoms with Gasteiger partial charge in [-0.15, -0.1) is 10.2 Å². The molecular formula is C26H35N5O2S. The summed E-state index contributed by atoms with van der Waals surface area (Å²) in [7, 11) is 1.64. The van der Waals surface area contributed by atoms with Gasteiger partial charge in [-0.2, -0.15) is 0 Å². The van der Waals surface area contributed by atoms with Gasteiger partial charge in [0.1, 0.15) is 5.75 Å². The van der Waals surface area contributed by atoms with Crippen molar-refractivity contribution in [3.63, 3.8) is 0 Å². The highest BCUT2D eigenvalue weighted by Gasteiger charge is 2.18. The van der Waals surface area contributed by atoms with E-state index in [9.17, 15) is 4.79 Å². The Morgan fingerprint density at radius 3 is 2.59 bits per heavy atom. The second-order valence-electron chi connectivity index (χ2n) is 8.14. The molecule has 34 heavy (non-hydrogen) atoms. The molecule has 1 amide bonds. The lowest BCUT2D eigenvalue weighted by Crippen LogP contribution is -2.34. The minimum absolute atomic E-state index is 0.00545. The molecule has 1 heterocycles. The molecule has 1 N–H and O–H groups in total. The van der Waals surface area contributed by atoms with Crippen LogP contribution in [0.15, 0.2) is 59.8 Å². The second-order valence-corrected chi connectivity index (χ2v) is 9.08. The number of hydrogen-bond donors (Lipinski definition) is 1. The summed E-state index contributed by atoms with van der Waals surface area (Å²) in [4.78, 5) is 15.0. The first-order valence-electron chi connectivity index (χ1n) is 11.9. The smallest absolute Gasteiger partial charge is 0.230 e. The van der Waals surface area contributed by atoms with Crippen LogP contribution in [0.1, 0.15) is 33.6 Å². The molecule has 0 aliphatic rings. The maximum atomic E-state index is 12.6. The topological polar surface area (TPSA) is 72.3 Å². The van der Waals surface area contributed by atoms with E-state index in [1.807, 2.05) is 59.2 Å². The lowest BCUT2D eigenvalue weighted by Gasteiger charge is -2.19. The zero-order valence-electron chi connectivity index (χ0n) is 20.5. The average Bonchev–Trinajstić information content (AvgIpc) is 3.30. The fraction of sp³-hybridized carbons (Fsp3) is 0.423. The van der Waals surface area contributed by atoms with Crippen LogP contribution in [0.5, 0.6) is 5.75 Å². The number of thioether (sulfide) groups is 1. The number of ether oxygens (including phenoxy) is 1. The second kappa shape index (κ2) is 13.2. The van der Waals surface area contributed by atoms with Crippen molar-refractivity contribution in [1.29, 1.82) is 0 Å². The standard InChI is InChI=1S/C26H35N5O2S/c1-5-30(6-2)17-11-12-20(3)27-24(32)19-34-26-29-28-25(21-13-10-16-23(18-21)33-4)31(26)22-14-8-7-9-15-22/h7-10,13-16,18,20H,5-6,11-12,17,19H2,1-4H3,(H,27,32). The number of nitrogens with one attached hydrogen (secondary N) is 1. The zero-order chi connectivity index (χ0) is 24.3. The monoisotopic (exact) mass is 481 g/mol. The summed E-state index contributed by atoms with van der Waals surface area (Å²) in [5, 5.41) is 12.7. The fourth-order valence-electron chi connectivity index (χ4n) is 3.80. The van der Waals surface area contributed by atoms with Gasteiger partial charge in [0.05, 0.1) is 12.9 Å². The Morgan fingerprint density at radius 1 is 1.12 bits per heavy atom. The van der Waals surface area contributed by atoms with Crippen molar-refractivity contribution in [1.82, 2.24) is 25.0 Å². The van der Waals surface area contributed by atoms with Crippen LogP contribution in [0.25, 0.3) is 17.1 Å². The lowest BCUT2D eigenvalue weighted by atomic mass is 10.2. The summed E-state index contributed by atoms with van der Waals surface area (Å²) < 4.78 is 7.37. The summed E-state index contributed by atoms with van der Waals surface area (Å²) in [6, 6.07) is 17.8. The molecule has 1 aromatic heterocycles. The van der Waals surface area contributed by atoms with Crippen molar-refractivity contribution in [2.45, 2.75) is 44.8 Å². The van der Waals surface area contributed by atoms with Crippen LogP contribution in [0.4, 0.5) is 0 Å². The van der Waals surface area contributed by atoms with Gasteiger partial charge in [-0.3, -0.25) is 9.36 Å². The van der Waals surface area contributed by atoms with Crippen molar-refractivity contribution in [3.8, 4) is 22.8 Å².